The summed E-state index contributed by atoms with van der Waals surface area (Å²) < 4.78 is 1.83. The van der Waals surface area contributed by atoms with Crippen LogP contribution in [0, 0.1) is 17.0 Å². The fourth-order valence-corrected chi connectivity index (χ4v) is 4.75. The van der Waals surface area contributed by atoms with Gasteiger partial charge in [-0.05, 0) is 72.7 Å². The van der Waals surface area contributed by atoms with Crippen molar-refractivity contribution in [3.8, 4) is 5.69 Å². The molecule has 0 spiro atoms. The van der Waals surface area contributed by atoms with Crippen LogP contribution in [0.15, 0.2) is 83.9 Å². The maximum absolute atomic E-state index is 11.3. The molecule has 7 nitrogen and oxygen atoms in total. The van der Waals surface area contributed by atoms with Gasteiger partial charge < -0.3 is 4.90 Å². The molecular formula is C26H18ClN5O2. The molecule has 2 aliphatic heterocycles. The molecule has 0 aliphatic carbocycles. The molecule has 1 atom stereocenters. The van der Waals surface area contributed by atoms with Crippen LogP contribution in [0.3, 0.4) is 0 Å². The number of nitrogens with zero attached hydrogens (tertiary/aromatic N) is 5. The lowest BCUT2D eigenvalue weighted by atomic mass is 9.92. The molecule has 166 valence electrons. The van der Waals surface area contributed by atoms with Gasteiger partial charge in [0.15, 0.2) is 5.82 Å². The number of rotatable bonds is 3. The van der Waals surface area contributed by atoms with E-state index >= 15 is 0 Å². The lowest BCUT2D eigenvalue weighted by molar-refractivity contribution is -0.384. The summed E-state index contributed by atoms with van der Waals surface area (Å²) in [5.74, 6) is 1.52. The number of anilines is 1. The van der Waals surface area contributed by atoms with Crippen LogP contribution >= 0.6 is 11.6 Å². The first-order chi connectivity index (χ1) is 16.5. The Morgan fingerprint density at radius 2 is 1.71 bits per heavy atom. The van der Waals surface area contributed by atoms with Gasteiger partial charge in [0.25, 0.3) is 5.69 Å². The second-order valence-electron chi connectivity index (χ2n) is 8.19. The topological polar surface area (TPSA) is 76.6 Å². The quantitative estimate of drug-likeness (QED) is 0.258. The average Bonchev–Trinajstić information content (AvgIpc) is 3.19. The number of nitro groups is 1. The molecule has 0 saturated heterocycles. The fraction of sp³-hybridized carbons (Fsp3) is 0.0769. The third-order valence-electron chi connectivity index (χ3n) is 6.18. The zero-order valence-electron chi connectivity index (χ0n) is 18.1. The van der Waals surface area contributed by atoms with E-state index in [1.807, 2.05) is 66.2 Å². The Bertz CT molecular complexity index is 1500. The monoisotopic (exact) mass is 467 g/mol. The Morgan fingerprint density at radius 1 is 0.971 bits per heavy atom. The molecule has 2 aliphatic rings. The molecule has 0 N–H and O–H groups in total. The molecule has 1 unspecified atom stereocenters. The van der Waals surface area contributed by atoms with E-state index in [0.717, 1.165) is 45.4 Å². The van der Waals surface area contributed by atoms with E-state index in [0.29, 0.717) is 5.02 Å². The normalized spacial score (nSPS) is 15.9. The van der Waals surface area contributed by atoms with Gasteiger partial charge in [-0.2, -0.15) is 5.10 Å². The smallest absolute Gasteiger partial charge is 0.269 e. The maximum Gasteiger partial charge on any atom is 0.269 e. The lowest BCUT2D eigenvalue weighted by Gasteiger charge is -2.39. The predicted octanol–water partition coefficient (Wildman–Crippen LogP) is 6.41. The number of hydrogen-bond acceptors (Lipinski definition) is 5. The standard InChI is InChI=1S/C26H18ClN5O2/c1-16-24-25(18-6-11-21(12-7-18)32(33)34)30-22-5-3-2-4-17(22)8-15-23(30)28-26(24)31(29-16)20-13-9-19(27)10-14-20/h2-15,25H,1H3. The summed E-state index contributed by atoms with van der Waals surface area (Å²) in [6, 6.07) is 22.1. The lowest BCUT2D eigenvalue weighted by Crippen LogP contribution is -2.38. The number of hydrogen-bond donors (Lipinski definition) is 0. The number of amidine groups is 1. The minimum Gasteiger partial charge on any atom is -0.314 e. The van der Waals surface area contributed by atoms with E-state index in [2.05, 4.69) is 23.1 Å². The first kappa shape index (κ1) is 20.4. The molecule has 0 saturated carbocycles. The summed E-state index contributed by atoms with van der Waals surface area (Å²) >= 11 is 6.10. The van der Waals surface area contributed by atoms with E-state index in [-0.39, 0.29) is 16.7 Å². The van der Waals surface area contributed by atoms with Gasteiger partial charge in [-0.15, -0.1) is 0 Å². The van der Waals surface area contributed by atoms with Crippen molar-refractivity contribution in [2.75, 3.05) is 4.90 Å². The highest BCUT2D eigenvalue weighted by molar-refractivity contribution is 6.30. The van der Waals surface area contributed by atoms with E-state index in [1.54, 1.807) is 12.1 Å². The van der Waals surface area contributed by atoms with Crippen molar-refractivity contribution in [2.45, 2.75) is 13.0 Å². The molecule has 3 aromatic carbocycles. The third-order valence-corrected chi connectivity index (χ3v) is 6.43. The van der Waals surface area contributed by atoms with Gasteiger partial charge in [-0.1, -0.05) is 29.8 Å². The number of halogens is 1. The number of benzene rings is 3. The van der Waals surface area contributed by atoms with Crippen molar-refractivity contribution < 1.29 is 4.92 Å². The highest BCUT2D eigenvalue weighted by Crippen LogP contribution is 2.46. The number of fused-ring (bicyclic) bond motifs is 4. The van der Waals surface area contributed by atoms with Gasteiger partial charge in [-0.3, -0.25) is 10.1 Å². The number of aryl methyl sites for hydroxylation is 1. The number of aliphatic imine (C=N–C) groups is 1. The third kappa shape index (κ3) is 3.13. The van der Waals surface area contributed by atoms with Crippen LogP contribution in [0.25, 0.3) is 11.8 Å². The van der Waals surface area contributed by atoms with Gasteiger partial charge >= 0.3 is 0 Å². The number of nitro benzene ring substituents is 1. The molecule has 0 amide bonds. The first-order valence-electron chi connectivity index (χ1n) is 10.8. The van der Waals surface area contributed by atoms with Crippen LogP contribution in [-0.4, -0.2) is 20.5 Å². The SMILES string of the molecule is Cc1nn(-c2ccc(Cl)cc2)c2c1C(c1ccc([N+](=O)[O-])cc1)N1C(=N2)C=Cc2ccccc21. The highest BCUT2D eigenvalue weighted by Gasteiger charge is 2.38. The summed E-state index contributed by atoms with van der Waals surface area (Å²) in [5, 5.41) is 16.7. The van der Waals surface area contributed by atoms with Crippen LogP contribution in [0.4, 0.5) is 17.2 Å². The Kier molecular flexibility index (Phi) is 4.60. The number of non-ortho nitro benzene ring substituents is 1. The van der Waals surface area contributed by atoms with Crippen LogP contribution in [-0.2, 0) is 0 Å². The Labute approximate surface area is 200 Å². The molecule has 34 heavy (non-hydrogen) atoms. The van der Waals surface area contributed by atoms with Crippen molar-refractivity contribution in [3.05, 3.63) is 116 Å². The Morgan fingerprint density at radius 3 is 2.44 bits per heavy atom. The highest BCUT2D eigenvalue weighted by atomic mass is 35.5. The van der Waals surface area contributed by atoms with E-state index in [9.17, 15) is 10.1 Å². The molecule has 8 heteroatoms. The van der Waals surface area contributed by atoms with Crippen LogP contribution in [0.1, 0.15) is 28.4 Å². The first-order valence-corrected chi connectivity index (χ1v) is 11.1. The van der Waals surface area contributed by atoms with Gasteiger partial charge in [0.05, 0.1) is 28.0 Å². The van der Waals surface area contributed by atoms with Crippen LogP contribution in [0.2, 0.25) is 5.02 Å². The van der Waals surface area contributed by atoms with E-state index < -0.39 is 0 Å². The summed E-state index contributed by atoms with van der Waals surface area (Å²) in [6.07, 6.45) is 4.05. The Balaban J connectivity index is 1.60. The summed E-state index contributed by atoms with van der Waals surface area (Å²) in [7, 11) is 0. The molecule has 0 fully saturated rings. The molecule has 1 aromatic heterocycles. The zero-order valence-corrected chi connectivity index (χ0v) is 18.8. The molecule has 0 bridgehead atoms. The second kappa shape index (κ2) is 7.67. The van der Waals surface area contributed by atoms with Gasteiger partial charge in [-0.25, -0.2) is 9.67 Å². The van der Waals surface area contributed by atoms with E-state index in [1.165, 1.54) is 0 Å². The maximum atomic E-state index is 11.3. The second-order valence-corrected chi connectivity index (χ2v) is 8.63. The zero-order chi connectivity index (χ0) is 23.4. The largest absolute Gasteiger partial charge is 0.314 e. The van der Waals surface area contributed by atoms with Gasteiger partial charge in [0.1, 0.15) is 5.84 Å². The average molecular weight is 468 g/mol. The van der Waals surface area contributed by atoms with Gasteiger partial charge in [0, 0.05) is 22.7 Å². The van der Waals surface area contributed by atoms with Crippen molar-refractivity contribution in [2.24, 2.45) is 4.99 Å². The molecule has 3 heterocycles. The number of para-hydroxylation sites is 1. The van der Waals surface area contributed by atoms with Gasteiger partial charge in [0.2, 0.25) is 0 Å². The molecule has 6 rings (SSSR count). The summed E-state index contributed by atoms with van der Waals surface area (Å²) in [5.41, 5.74) is 5.73. The predicted molar refractivity (Wildman–Crippen MR) is 133 cm³/mol. The minimum atomic E-state index is -0.383. The van der Waals surface area contributed by atoms with Crippen molar-refractivity contribution in [1.29, 1.82) is 0 Å². The summed E-state index contributed by atoms with van der Waals surface area (Å²) in [4.78, 5) is 18.1. The Hall–Kier alpha value is -4.23. The molecular weight excluding hydrogens is 450 g/mol. The molecule has 4 aromatic rings. The number of aromatic nitrogens is 2. The van der Waals surface area contributed by atoms with Crippen molar-refractivity contribution in [3.63, 3.8) is 0 Å². The van der Waals surface area contributed by atoms with Crippen LogP contribution < -0.4 is 4.90 Å². The fourth-order valence-electron chi connectivity index (χ4n) is 4.63. The minimum absolute atomic E-state index is 0.0567. The van der Waals surface area contributed by atoms with Crippen molar-refractivity contribution in [1.82, 2.24) is 9.78 Å². The van der Waals surface area contributed by atoms with Crippen molar-refractivity contribution >= 4 is 40.7 Å². The molecule has 0 radical (unpaired) electrons. The summed E-state index contributed by atoms with van der Waals surface area (Å²) in [6.45, 7) is 1.97. The van der Waals surface area contributed by atoms with Crippen LogP contribution in [0.5, 0.6) is 0 Å². The van der Waals surface area contributed by atoms with E-state index in [4.69, 9.17) is 21.7 Å².